The number of ether oxygens (including phenoxy) is 1. The zero-order valence-electron chi connectivity index (χ0n) is 11.5. The van der Waals surface area contributed by atoms with Gasteiger partial charge in [0, 0.05) is 18.1 Å². The lowest BCUT2D eigenvalue weighted by atomic mass is 9.80. The van der Waals surface area contributed by atoms with Gasteiger partial charge < -0.3 is 10.5 Å². The number of nitrogens with zero attached hydrogens (tertiary/aromatic N) is 1. The van der Waals surface area contributed by atoms with E-state index >= 15 is 0 Å². The summed E-state index contributed by atoms with van der Waals surface area (Å²) < 4.78 is 6.07. The molecular formula is C15H22N2OS. The molecule has 4 heteroatoms. The Bertz CT molecular complexity index is 446. The summed E-state index contributed by atoms with van der Waals surface area (Å²) in [6.07, 6.45) is 3.34. The van der Waals surface area contributed by atoms with Crippen molar-refractivity contribution in [3.63, 3.8) is 0 Å². The van der Waals surface area contributed by atoms with Crippen LogP contribution in [-0.2, 0) is 4.74 Å². The highest BCUT2D eigenvalue weighted by atomic mass is 32.2. The van der Waals surface area contributed by atoms with E-state index in [1.807, 2.05) is 24.8 Å². The molecule has 0 aromatic carbocycles. The second kappa shape index (κ2) is 5.43. The normalized spacial score (nSPS) is 32.6. The van der Waals surface area contributed by atoms with Gasteiger partial charge in [0.05, 0.1) is 17.3 Å². The summed E-state index contributed by atoms with van der Waals surface area (Å²) in [4.78, 5) is 4.59. The van der Waals surface area contributed by atoms with Crippen LogP contribution in [-0.4, -0.2) is 28.7 Å². The lowest BCUT2D eigenvalue weighted by Crippen LogP contribution is -2.42. The minimum absolute atomic E-state index is 0.0475. The Hall–Kier alpha value is -0.580. The van der Waals surface area contributed by atoms with Crippen LogP contribution in [0.1, 0.15) is 36.7 Å². The van der Waals surface area contributed by atoms with Gasteiger partial charge in [-0.15, -0.1) is 0 Å². The van der Waals surface area contributed by atoms with Crippen LogP contribution in [0.3, 0.4) is 0 Å². The van der Waals surface area contributed by atoms with Crippen LogP contribution < -0.4 is 5.73 Å². The molecular weight excluding hydrogens is 256 g/mol. The monoisotopic (exact) mass is 278 g/mol. The van der Waals surface area contributed by atoms with Crippen LogP contribution in [0.2, 0.25) is 0 Å². The number of pyridine rings is 1. The Balaban J connectivity index is 1.74. The highest BCUT2D eigenvalue weighted by molar-refractivity contribution is 7.99. The lowest BCUT2D eigenvalue weighted by molar-refractivity contribution is -0.0836. The molecule has 1 aromatic rings. The molecule has 2 aliphatic heterocycles. The van der Waals surface area contributed by atoms with Crippen molar-refractivity contribution in [3.05, 3.63) is 29.6 Å². The number of aryl methyl sites for hydroxylation is 1. The van der Waals surface area contributed by atoms with Crippen LogP contribution in [0.4, 0.5) is 0 Å². The summed E-state index contributed by atoms with van der Waals surface area (Å²) in [5, 5.41) is 0. The van der Waals surface area contributed by atoms with Crippen molar-refractivity contribution >= 4 is 11.8 Å². The van der Waals surface area contributed by atoms with Crippen molar-refractivity contribution in [2.75, 3.05) is 18.1 Å². The first-order chi connectivity index (χ1) is 9.19. The van der Waals surface area contributed by atoms with Gasteiger partial charge in [0.1, 0.15) is 0 Å². The van der Waals surface area contributed by atoms with Gasteiger partial charge in [0.2, 0.25) is 0 Å². The first-order valence-electron chi connectivity index (χ1n) is 7.09. The zero-order chi connectivity index (χ0) is 13.3. The van der Waals surface area contributed by atoms with Crippen LogP contribution in [0.25, 0.3) is 0 Å². The summed E-state index contributed by atoms with van der Waals surface area (Å²) in [5.41, 5.74) is 8.65. The standard InChI is InChI=1S/C15H22N2OS/c1-11-3-2-4-13(17-11)14(16)12-5-7-18-15(9-12)6-8-19-10-15/h2-4,12,14H,5-10,16H2,1H3. The molecule has 1 spiro atoms. The largest absolute Gasteiger partial charge is 0.374 e. The first-order valence-corrected chi connectivity index (χ1v) is 8.25. The third-order valence-electron chi connectivity index (χ3n) is 4.36. The Kier molecular flexibility index (Phi) is 3.83. The third-order valence-corrected chi connectivity index (χ3v) is 5.58. The van der Waals surface area contributed by atoms with Crippen molar-refractivity contribution < 1.29 is 4.74 Å². The maximum absolute atomic E-state index is 6.46. The molecule has 0 saturated carbocycles. The Morgan fingerprint density at radius 2 is 2.42 bits per heavy atom. The number of hydrogen-bond donors (Lipinski definition) is 1. The predicted octanol–water partition coefficient (Wildman–Crippen LogP) is 2.69. The van der Waals surface area contributed by atoms with E-state index in [1.54, 1.807) is 0 Å². The summed E-state index contributed by atoms with van der Waals surface area (Å²) in [7, 11) is 0. The third kappa shape index (κ3) is 2.81. The Morgan fingerprint density at radius 1 is 1.53 bits per heavy atom. The molecule has 2 fully saturated rings. The Morgan fingerprint density at radius 3 is 3.16 bits per heavy atom. The SMILES string of the molecule is Cc1cccc(C(N)C2CCOC3(CCSC3)C2)n1. The van der Waals surface area contributed by atoms with E-state index in [4.69, 9.17) is 10.5 Å². The molecule has 2 aliphatic rings. The average molecular weight is 278 g/mol. The predicted molar refractivity (Wildman–Crippen MR) is 79.3 cm³/mol. The molecule has 3 atom stereocenters. The highest BCUT2D eigenvalue weighted by Gasteiger charge is 2.42. The van der Waals surface area contributed by atoms with E-state index in [-0.39, 0.29) is 11.6 Å². The lowest BCUT2D eigenvalue weighted by Gasteiger charge is -2.39. The number of thioether (sulfide) groups is 1. The quantitative estimate of drug-likeness (QED) is 0.903. The van der Waals surface area contributed by atoms with Gasteiger partial charge in [0.25, 0.3) is 0 Å². The number of nitrogens with two attached hydrogens (primary N) is 1. The second-order valence-electron chi connectivity index (χ2n) is 5.82. The van der Waals surface area contributed by atoms with Gasteiger partial charge in [-0.05, 0) is 50.0 Å². The summed E-state index contributed by atoms with van der Waals surface area (Å²) in [6.45, 7) is 2.88. The molecule has 3 nitrogen and oxygen atoms in total. The van der Waals surface area contributed by atoms with Crippen LogP contribution in [0, 0.1) is 12.8 Å². The molecule has 2 N–H and O–H groups in total. The first kappa shape index (κ1) is 13.4. The summed E-state index contributed by atoms with van der Waals surface area (Å²) >= 11 is 2.01. The highest BCUT2D eigenvalue weighted by Crippen LogP contribution is 2.43. The summed E-state index contributed by atoms with van der Waals surface area (Å²) in [6, 6.07) is 6.18. The second-order valence-corrected chi connectivity index (χ2v) is 6.92. The van der Waals surface area contributed by atoms with Gasteiger partial charge >= 0.3 is 0 Å². The molecule has 0 aliphatic carbocycles. The van der Waals surface area contributed by atoms with Gasteiger partial charge in [-0.3, -0.25) is 4.98 Å². The molecule has 0 amide bonds. The van der Waals surface area contributed by atoms with E-state index < -0.39 is 0 Å². The molecule has 0 radical (unpaired) electrons. The smallest absolute Gasteiger partial charge is 0.0783 e. The zero-order valence-corrected chi connectivity index (χ0v) is 12.3. The van der Waals surface area contributed by atoms with Crippen molar-refractivity contribution in [1.82, 2.24) is 4.98 Å². The van der Waals surface area contributed by atoms with Crippen molar-refractivity contribution in [2.45, 2.75) is 37.8 Å². The van der Waals surface area contributed by atoms with E-state index in [1.165, 1.54) is 12.2 Å². The van der Waals surface area contributed by atoms with Gasteiger partial charge in [-0.25, -0.2) is 0 Å². The topological polar surface area (TPSA) is 48.1 Å². The fraction of sp³-hybridized carbons (Fsp3) is 0.667. The maximum Gasteiger partial charge on any atom is 0.0783 e. The molecule has 3 unspecified atom stereocenters. The number of hydrogen-bond acceptors (Lipinski definition) is 4. The van der Waals surface area contributed by atoms with E-state index in [9.17, 15) is 0 Å². The molecule has 1 aromatic heterocycles. The molecule has 2 saturated heterocycles. The maximum atomic E-state index is 6.46. The fourth-order valence-electron chi connectivity index (χ4n) is 3.23. The van der Waals surface area contributed by atoms with Crippen LogP contribution in [0.15, 0.2) is 18.2 Å². The van der Waals surface area contributed by atoms with Gasteiger partial charge in [-0.1, -0.05) is 6.07 Å². The fourth-order valence-corrected chi connectivity index (χ4v) is 4.60. The van der Waals surface area contributed by atoms with Crippen molar-refractivity contribution in [2.24, 2.45) is 11.7 Å². The molecule has 19 heavy (non-hydrogen) atoms. The molecule has 104 valence electrons. The van der Waals surface area contributed by atoms with Crippen LogP contribution >= 0.6 is 11.8 Å². The minimum atomic E-state index is 0.0475. The average Bonchev–Trinajstić information content (AvgIpc) is 2.86. The Labute approximate surface area is 119 Å². The van der Waals surface area contributed by atoms with Gasteiger partial charge in [0.15, 0.2) is 0 Å². The molecule has 3 rings (SSSR count). The number of aromatic nitrogens is 1. The van der Waals surface area contributed by atoms with E-state index in [0.717, 1.165) is 36.6 Å². The van der Waals surface area contributed by atoms with Gasteiger partial charge in [-0.2, -0.15) is 11.8 Å². The van der Waals surface area contributed by atoms with Crippen molar-refractivity contribution in [3.8, 4) is 0 Å². The van der Waals surface area contributed by atoms with E-state index in [0.29, 0.717) is 5.92 Å². The molecule has 0 bridgehead atoms. The molecule has 3 heterocycles. The van der Waals surface area contributed by atoms with Crippen molar-refractivity contribution in [1.29, 1.82) is 0 Å². The number of rotatable bonds is 2. The summed E-state index contributed by atoms with van der Waals surface area (Å²) in [5.74, 6) is 2.86. The van der Waals surface area contributed by atoms with E-state index in [2.05, 4.69) is 17.1 Å². The van der Waals surface area contributed by atoms with Crippen LogP contribution in [0.5, 0.6) is 0 Å². The minimum Gasteiger partial charge on any atom is -0.374 e.